The number of esters is 1. The fourth-order valence-corrected chi connectivity index (χ4v) is 3.39. The van der Waals surface area contributed by atoms with Crippen LogP contribution in [-0.2, 0) is 20.9 Å². The standard InChI is InChI=1S/C19H15BrClN3O5/c1-28-17(26)9-24-14-5-3-2-4-12(14)18(19(24)27)23-22-16(25)10-29-15-7-6-11(21)8-13(15)20/h2-8,27H,9-10H2,1H3. The quantitative estimate of drug-likeness (QED) is 0.409. The maximum atomic E-state index is 12.1. The first-order valence-corrected chi connectivity index (χ1v) is 9.47. The first-order chi connectivity index (χ1) is 13.9. The molecule has 3 aromatic rings. The van der Waals surface area contributed by atoms with Crippen molar-refractivity contribution < 1.29 is 24.2 Å². The number of rotatable bonds is 6. The number of fused-ring (bicyclic) bond motifs is 1. The fraction of sp³-hybridized carbons (Fsp3) is 0.158. The number of ether oxygens (including phenoxy) is 2. The summed E-state index contributed by atoms with van der Waals surface area (Å²) in [6, 6.07) is 11.8. The Labute approximate surface area is 178 Å². The van der Waals surface area contributed by atoms with Gasteiger partial charge in [-0.1, -0.05) is 29.8 Å². The molecule has 1 heterocycles. The van der Waals surface area contributed by atoms with E-state index >= 15 is 0 Å². The lowest BCUT2D eigenvalue weighted by atomic mass is 10.2. The third kappa shape index (κ3) is 4.75. The Balaban J connectivity index is 1.80. The van der Waals surface area contributed by atoms with E-state index in [2.05, 4.69) is 30.9 Å². The Morgan fingerprint density at radius 3 is 2.72 bits per heavy atom. The van der Waals surface area contributed by atoms with E-state index in [4.69, 9.17) is 16.3 Å². The summed E-state index contributed by atoms with van der Waals surface area (Å²) in [5.41, 5.74) is 0.628. The zero-order valence-electron chi connectivity index (χ0n) is 15.1. The number of halogens is 2. The van der Waals surface area contributed by atoms with Crippen molar-refractivity contribution in [3.8, 4) is 11.6 Å². The van der Waals surface area contributed by atoms with Gasteiger partial charge in [-0.2, -0.15) is 0 Å². The van der Waals surface area contributed by atoms with Crippen molar-refractivity contribution in [2.75, 3.05) is 13.7 Å². The zero-order chi connectivity index (χ0) is 21.0. The van der Waals surface area contributed by atoms with E-state index in [1.165, 1.54) is 11.7 Å². The van der Waals surface area contributed by atoms with Gasteiger partial charge in [0.15, 0.2) is 12.3 Å². The number of nitrogens with zero attached hydrogens (tertiary/aromatic N) is 3. The normalized spacial score (nSPS) is 11.1. The van der Waals surface area contributed by atoms with Gasteiger partial charge in [-0.05, 0) is 40.2 Å². The lowest BCUT2D eigenvalue weighted by Gasteiger charge is -2.05. The average molecular weight is 481 g/mol. The van der Waals surface area contributed by atoms with Crippen LogP contribution in [0.25, 0.3) is 10.9 Å². The minimum Gasteiger partial charge on any atom is -0.493 e. The van der Waals surface area contributed by atoms with Crippen LogP contribution in [0.15, 0.2) is 57.2 Å². The van der Waals surface area contributed by atoms with Crippen LogP contribution in [0.4, 0.5) is 5.69 Å². The van der Waals surface area contributed by atoms with Gasteiger partial charge in [-0.3, -0.25) is 14.2 Å². The van der Waals surface area contributed by atoms with Crippen LogP contribution < -0.4 is 4.74 Å². The van der Waals surface area contributed by atoms with Gasteiger partial charge in [0, 0.05) is 10.4 Å². The Hall–Kier alpha value is -2.91. The zero-order valence-corrected chi connectivity index (χ0v) is 17.5. The highest BCUT2D eigenvalue weighted by atomic mass is 79.9. The second-order valence-corrected chi connectivity index (χ2v) is 7.10. The van der Waals surface area contributed by atoms with Crippen molar-refractivity contribution in [3.05, 3.63) is 52.0 Å². The summed E-state index contributed by atoms with van der Waals surface area (Å²) in [7, 11) is 1.25. The van der Waals surface area contributed by atoms with E-state index < -0.39 is 11.9 Å². The average Bonchev–Trinajstić information content (AvgIpc) is 2.97. The van der Waals surface area contributed by atoms with Gasteiger partial charge in [-0.25, -0.2) is 0 Å². The highest BCUT2D eigenvalue weighted by Crippen LogP contribution is 2.38. The van der Waals surface area contributed by atoms with Gasteiger partial charge >= 0.3 is 11.9 Å². The van der Waals surface area contributed by atoms with E-state index in [0.29, 0.717) is 26.1 Å². The van der Waals surface area contributed by atoms with Crippen LogP contribution in [0.2, 0.25) is 5.02 Å². The van der Waals surface area contributed by atoms with E-state index in [9.17, 15) is 14.7 Å². The van der Waals surface area contributed by atoms with Gasteiger partial charge in [0.1, 0.15) is 12.3 Å². The number of hydrogen-bond donors (Lipinski definition) is 1. The Morgan fingerprint density at radius 1 is 1.24 bits per heavy atom. The molecule has 0 bridgehead atoms. The molecule has 150 valence electrons. The van der Waals surface area contributed by atoms with Crippen molar-refractivity contribution in [1.82, 2.24) is 4.57 Å². The highest BCUT2D eigenvalue weighted by Gasteiger charge is 2.19. The topological polar surface area (TPSA) is 102 Å². The predicted molar refractivity (Wildman–Crippen MR) is 110 cm³/mol. The molecule has 0 aliphatic carbocycles. The summed E-state index contributed by atoms with van der Waals surface area (Å²) < 4.78 is 12.0. The number of aromatic nitrogens is 1. The number of methoxy groups -OCH3 is 1. The second-order valence-electron chi connectivity index (χ2n) is 5.81. The number of aromatic hydroxyl groups is 1. The minimum atomic E-state index is -0.656. The van der Waals surface area contributed by atoms with E-state index in [1.807, 2.05) is 0 Å². The van der Waals surface area contributed by atoms with E-state index in [0.717, 1.165) is 0 Å². The van der Waals surface area contributed by atoms with E-state index in [-0.39, 0.29) is 24.7 Å². The molecule has 0 unspecified atom stereocenters. The molecule has 0 aliphatic rings. The van der Waals surface area contributed by atoms with Gasteiger partial charge < -0.3 is 14.6 Å². The molecule has 0 saturated carbocycles. The summed E-state index contributed by atoms with van der Waals surface area (Å²) in [5.74, 6) is -1.07. The molecule has 0 saturated heterocycles. The van der Waals surface area contributed by atoms with Gasteiger partial charge in [0.2, 0.25) is 5.88 Å². The van der Waals surface area contributed by atoms with Gasteiger partial charge in [0.05, 0.1) is 17.1 Å². The largest absolute Gasteiger partial charge is 0.493 e. The Bertz CT molecular complexity index is 1110. The lowest BCUT2D eigenvalue weighted by molar-refractivity contribution is -0.141. The Morgan fingerprint density at radius 2 is 2.00 bits per heavy atom. The smallest absolute Gasteiger partial charge is 0.325 e. The van der Waals surface area contributed by atoms with E-state index in [1.54, 1.807) is 42.5 Å². The summed E-state index contributed by atoms with van der Waals surface area (Å²) in [6.07, 6.45) is 0. The number of carbonyl (C=O) groups is 2. The number of carbonyl (C=O) groups excluding carboxylic acids is 2. The molecule has 3 rings (SSSR count). The van der Waals surface area contributed by atoms with Crippen molar-refractivity contribution >= 4 is 56.0 Å². The first-order valence-electron chi connectivity index (χ1n) is 8.30. The maximum Gasteiger partial charge on any atom is 0.325 e. The molecular formula is C19H15BrClN3O5. The Kier molecular flexibility index (Phi) is 6.50. The van der Waals surface area contributed by atoms with Crippen LogP contribution in [0, 0.1) is 0 Å². The van der Waals surface area contributed by atoms with Crippen LogP contribution in [-0.4, -0.2) is 35.3 Å². The summed E-state index contributed by atoms with van der Waals surface area (Å²) in [6.45, 7) is -0.564. The van der Waals surface area contributed by atoms with Crippen molar-refractivity contribution in [2.24, 2.45) is 10.2 Å². The molecule has 2 aromatic carbocycles. The SMILES string of the molecule is COC(=O)Cn1c(O)c(N=NC(=O)COc2ccc(Cl)cc2Br)c2ccccc21. The van der Waals surface area contributed by atoms with Crippen LogP contribution in [0.5, 0.6) is 11.6 Å². The molecule has 1 aromatic heterocycles. The number of para-hydroxylation sites is 1. The van der Waals surface area contributed by atoms with Crippen LogP contribution in [0.3, 0.4) is 0 Å². The van der Waals surface area contributed by atoms with Crippen LogP contribution in [0.1, 0.15) is 0 Å². The molecule has 0 fully saturated rings. The third-order valence-corrected chi connectivity index (χ3v) is 4.79. The lowest BCUT2D eigenvalue weighted by Crippen LogP contribution is -2.10. The fourth-order valence-electron chi connectivity index (χ4n) is 2.59. The number of benzene rings is 2. The monoisotopic (exact) mass is 479 g/mol. The molecule has 1 N–H and O–H groups in total. The second kappa shape index (κ2) is 9.06. The van der Waals surface area contributed by atoms with Gasteiger partial charge in [-0.15, -0.1) is 10.2 Å². The van der Waals surface area contributed by atoms with Gasteiger partial charge in [0.25, 0.3) is 0 Å². The predicted octanol–water partition coefficient (Wildman–Crippen LogP) is 4.63. The highest BCUT2D eigenvalue weighted by molar-refractivity contribution is 9.10. The molecule has 0 atom stereocenters. The third-order valence-electron chi connectivity index (χ3n) is 3.94. The van der Waals surface area contributed by atoms with Crippen molar-refractivity contribution in [3.63, 3.8) is 0 Å². The summed E-state index contributed by atoms with van der Waals surface area (Å²) >= 11 is 9.15. The molecule has 10 heteroatoms. The first kappa shape index (κ1) is 20.8. The van der Waals surface area contributed by atoms with Crippen LogP contribution >= 0.6 is 27.5 Å². The summed E-state index contributed by atoms with van der Waals surface area (Å²) in [4.78, 5) is 23.7. The molecular weight excluding hydrogens is 466 g/mol. The molecule has 0 aliphatic heterocycles. The summed E-state index contributed by atoms with van der Waals surface area (Å²) in [5, 5.41) is 19.0. The number of hydrogen-bond acceptors (Lipinski definition) is 6. The number of azo groups is 1. The maximum absolute atomic E-state index is 12.1. The molecule has 1 amide bonds. The molecule has 8 nitrogen and oxygen atoms in total. The van der Waals surface area contributed by atoms with Crippen molar-refractivity contribution in [1.29, 1.82) is 0 Å². The minimum absolute atomic E-state index is 0.0746. The molecule has 0 radical (unpaired) electrons. The van der Waals surface area contributed by atoms with Crippen molar-refractivity contribution in [2.45, 2.75) is 6.54 Å². The number of amides is 1. The molecule has 0 spiro atoms. The molecule has 29 heavy (non-hydrogen) atoms.